The third kappa shape index (κ3) is 6.34. The topological polar surface area (TPSA) is 103 Å². The van der Waals surface area contributed by atoms with Crippen molar-refractivity contribution in [2.24, 2.45) is 0 Å². The van der Waals surface area contributed by atoms with E-state index in [1.54, 1.807) is 72.8 Å². The molecule has 0 aliphatic rings. The Kier molecular flexibility index (Phi) is 7.22. The van der Waals surface area contributed by atoms with Crippen LogP contribution in [0.1, 0.15) is 22.8 Å². The molecular weight excluding hydrogens is 392 g/mol. The SMILES string of the molecule is CCOc1ccc(NC(=O)c2ccc(NC(=O)CNc3ccc(C#N)cc3)cc2)cc1. The third-order valence-electron chi connectivity index (χ3n) is 4.32. The van der Waals surface area contributed by atoms with E-state index in [1.165, 1.54) is 0 Å². The first-order valence-corrected chi connectivity index (χ1v) is 9.75. The molecule has 3 aromatic rings. The quantitative estimate of drug-likeness (QED) is 0.511. The monoisotopic (exact) mass is 414 g/mol. The maximum absolute atomic E-state index is 12.4. The molecule has 0 fully saturated rings. The Morgan fingerprint density at radius 2 is 1.42 bits per heavy atom. The smallest absolute Gasteiger partial charge is 0.255 e. The number of nitrogens with zero attached hydrogens (tertiary/aromatic N) is 1. The van der Waals surface area contributed by atoms with Gasteiger partial charge in [-0.3, -0.25) is 9.59 Å². The van der Waals surface area contributed by atoms with Crippen LogP contribution in [0.25, 0.3) is 0 Å². The minimum Gasteiger partial charge on any atom is -0.494 e. The van der Waals surface area contributed by atoms with Gasteiger partial charge in [-0.1, -0.05) is 0 Å². The summed E-state index contributed by atoms with van der Waals surface area (Å²) in [5.41, 5.74) is 3.03. The maximum Gasteiger partial charge on any atom is 0.255 e. The predicted octanol–water partition coefficient (Wildman–Crippen LogP) is 4.26. The van der Waals surface area contributed by atoms with Gasteiger partial charge in [-0.05, 0) is 79.7 Å². The Balaban J connectivity index is 1.49. The second-order valence-corrected chi connectivity index (χ2v) is 6.58. The lowest BCUT2D eigenvalue weighted by Gasteiger charge is -2.09. The van der Waals surface area contributed by atoms with Crippen molar-refractivity contribution in [2.45, 2.75) is 6.92 Å². The number of nitriles is 1. The van der Waals surface area contributed by atoms with E-state index >= 15 is 0 Å². The summed E-state index contributed by atoms with van der Waals surface area (Å²) in [6.07, 6.45) is 0. The molecule has 0 aromatic heterocycles. The van der Waals surface area contributed by atoms with Crippen molar-refractivity contribution >= 4 is 28.9 Å². The van der Waals surface area contributed by atoms with Crippen molar-refractivity contribution in [3.8, 4) is 11.8 Å². The fourth-order valence-electron chi connectivity index (χ4n) is 2.76. The van der Waals surface area contributed by atoms with E-state index in [0.29, 0.717) is 29.1 Å². The zero-order valence-corrected chi connectivity index (χ0v) is 17.0. The van der Waals surface area contributed by atoms with E-state index in [-0.39, 0.29) is 18.4 Å². The van der Waals surface area contributed by atoms with Gasteiger partial charge in [0.05, 0.1) is 24.8 Å². The number of ether oxygens (including phenoxy) is 1. The average Bonchev–Trinajstić information content (AvgIpc) is 2.80. The lowest BCUT2D eigenvalue weighted by atomic mass is 10.2. The highest BCUT2D eigenvalue weighted by Crippen LogP contribution is 2.17. The van der Waals surface area contributed by atoms with Gasteiger partial charge >= 0.3 is 0 Å². The van der Waals surface area contributed by atoms with Gasteiger partial charge in [0, 0.05) is 22.6 Å². The molecule has 7 nitrogen and oxygen atoms in total. The van der Waals surface area contributed by atoms with Crippen LogP contribution in [-0.4, -0.2) is 25.0 Å². The van der Waals surface area contributed by atoms with Crippen LogP contribution < -0.4 is 20.7 Å². The van der Waals surface area contributed by atoms with Crippen molar-refractivity contribution in [2.75, 3.05) is 29.1 Å². The molecule has 156 valence electrons. The molecule has 0 spiro atoms. The van der Waals surface area contributed by atoms with Crippen LogP contribution in [-0.2, 0) is 4.79 Å². The van der Waals surface area contributed by atoms with Gasteiger partial charge in [-0.25, -0.2) is 0 Å². The van der Waals surface area contributed by atoms with Gasteiger partial charge in [0.2, 0.25) is 5.91 Å². The molecule has 0 aliphatic carbocycles. The molecule has 31 heavy (non-hydrogen) atoms. The molecule has 0 atom stereocenters. The van der Waals surface area contributed by atoms with Crippen LogP contribution in [0.15, 0.2) is 72.8 Å². The Labute approximate surface area is 180 Å². The largest absolute Gasteiger partial charge is 0.494 e. The molecule has 2 amide bonds. The molecule has 3 rings (SSSR count). The second kappa shape index (κ2) is 10.5. The van der Waals surface area contributed by atoms with Crippen molar-refractivity contribution in [1.82, 2.24) is 0 Å². The number of carbonyl (C=O) groups excluding carboxylic acids is 2. The highest BCUT2D eigenvalue weighted by molar-refractivity contribution is 6.04. The molecule has 0 aliphatic heterocycles. The highest BCUT2D eigenvalue weighted by Gasteiger charge is 2.08. The summed E-state index contributed by atoms with van der Waals surface area (Å²) in [6.45, 7) is 2.57. The van der Waals surface area contributed by atoms with Gasteiger partial charge in [0.25, 0.3) is 5.91 Å². The Morgan fingerprint density at radius 3 is 2.03 bits per heavy atom. The Morgan fingerprint density at radius 1 is 0.839 bits per heavy atom. The zero-order valence-electron chi connectivity index (χ0n) is 17.0. The van der Waals surface area contributed by atoms with Crippen LogP contribution in [0.2, 0.25) is 0 Å². The fraction of sp³-hybridized carbons (Fsp3) is 0.125. The minimum atomic E-state index is -0.246. The normalized spacial score (nSPS) is 9.94. The van der Waals surface area contributed by atoms with Gasteiger partial charge < -0.3 is 20.7 Å². The molecule has 0 saturated heterocycles. The zero-order chi connectivity index (χ0) is 22.1. The molecule has 3 N–H and O–H groups in total. The Hall–Kier alpha value is -4.31. The average molecular weight is 414 g/mol. The highest BCUT2D eigenvalue weighted by atomic mass is 16.5. The van der Waals surface area contributed by atoms with E-state index < -0.39 is 0 Å². The molecular formula is C24H22N4O3. The van der Waals surface area contributed by atoms with Crippen LogP contribution in [0.3, 0.4) is 0 Å². The van der Waals surface area contributed by atoms with Crippen LogP contribution in [0.5, 0.6) is 5.75 Å². The predicted molar refractivity (Wildman–Crippen MR) is 120 cm³/mol. The van der Waals surface area contributed by atoms with Crippen molar-refractivity contribution in [3.05, 3.63) is 83.9 Å². The number of rotatable bonds is 8. The number of amides is 2. The van der Waals surface area contributed by atoms with E-state index in [0.717, 1.165) is 11.4 Å². The molecule has 0 saturated carbocycles. The lowest BCUT2D eigenvalue weighted by Crippen LogP contribution is -2.21. The molecule has 3 aromatic carbocycles. The summed E-state index contributed by atoms with van der Waals surface area (Å²) < 4.78 is 5.38. The summed E-state index contributed by atoms with van der Waals surface area (Å²) in [5.74, 6) is 0.273. The third-order valence-corrected chi connectivity index (χ3v) is 4.32. The summed E-state index contributed by atoms with van der Waals surface area (Å²) >= 11 is 0. The molecule has 0 radical (unpaired) electrons. The van der Waals surface area contributed by atoms with Crippen molar-refractivity contribution < 1.29 is 14.3 Å². The molecule has 0 bridgehead atoms. The molecule has 7 heteroatoms. The number of benzene rings is 3. The number of anilines is 3. The van der Waals surface area contributed by atoms with Crippen LogP contribution in [0, 0.1) is 11.3 Å². The van der Waals surface area contributed by atoms with Crippen molar-refractivity contribution in [1.29, 1.82) is 5.26 Å². The van der Waals surface area contributed by atoms with Crippen LogP contribution >= 0.6 is 0 Å². The summed E-state index contributed by atoms with van der Waals surface area (Å²) in [4.78, 5) is 24.5. The van der Waals surface area contributed by atoms with Crippen molar-refractivity contribution in [3.63, 3.8) is 0 Å². The van der Waals surface area contributed by atoms with Crippen LogP contribution in [0.4, 0.5) is 17.1 Å². The van der Waals surface area contributed by atoms with E-state index in [4.69, 9.17) is 10.00 Å². The number of nitrogens with one attached hydrogen (secondary N) is 3. The van der Waals surface area contributed by atoms with Gasteiger partial charge in [-0.15, -0.1) is 0 Å². The van der Waals surface area contributed by atoms with Gasteiger partial charge in [-0.2, -0.15) is 5.26 Å². The molecule has 0 heterocycles. The van der Waals surface area contributed by atoms with E-state index in [2.05, 4.69) is 16.0 Å². The van der Waals surface area contributed by atoms with E-state index in [9.17, 15) is 9.59 Å². The summed E-state index contributed by atoms with van der Waals surface area (Å²) in [5, 5.41) is 17.4. The first-order valence-electron chi connectivity index (χ1n) is 9.75. The van der Waals surface area contributed by atoms with Gasteiger partial charge in [0.15, 0.2) is 0 Å². The second-order valence-electron chi connectivity index (χ2n) is 6.58. The maximum atomic E-state index is 12.4. The van der Waals surface area contributed by atoms with E-state index in [1.807, 2.05) is 13.0 Å². The number of hydrogen-bond donors (Lipinski definition) is 3. The fourth-order valence-corrected chi connectivity index (χ4v) is 2.76. The van der Waals surface area contributed by atoms with Gasteiger partial charge in [0.1, 0.15) is 5.75 Å². The summed E-state index contributed by atoms with van der Waals surface area (Å²) in [7, 11) is 0. The minimum absolute atomic E-state index is 0.0753. The first-order chi connectivity index (χ1) is 15.1. The standard InChI is InChI=1S/C24H22N4O3/c1-2-31-22-13-11-21(12-14-22)28-24(30)18-5-9-20(10-6-18)27-23(29)16-26-19-7-3-17(15-25)4-8-19/h3-14,26H,2,16H2,1H3,(H,27,29)(H,28,30). The molecule has 0 unspecified atom stereocenters. The first kappa shape index (κ1) is 21.4. The summed E-state index contributed by atoms with van der Waals surface area (Å²) in [6, 6.07) is 22.7. The lowest BCUT2D eigenvalue weighted by molar-refractivity contribution is -0.114. The number of hydrogen-bond acceptors (Lipinski definition) is 5. The number of carbonyl (C=O) groups is 2. The Bertz CT molecular complexity index is 1070.